The van der Waals surface area contributed by atoms with Crippen molar-refractivity contribution in [3.63, 3.8) is 0 Å². The van der Waals surface area contributed by atoms with Crippen molar-refractivity contribution in [1.29, 1.82) is 0 Å². The van der Waals surface area contributed by atoms with Crippen LogP contribution in [0.15, 0.2) is 0 Å². The second-order valence-corrected chi connectivity index (χ2v) is 6.49. The summed E-state index contributed by atoms with van der Waals surface area (Å²) in [4.78, 5) is 0. The molecule has 0 saturated heterocycles. The van der Waals surface area contributed by atoms with Crippen LogP contribution in [0.1, 0.15) is 33.1 Å². The van der Waals surface area contributed by atoms with Gasteiger partial charge < -0.3 is 5.32 Å². The summed E-state index contributed by atoms with van der Waals surface area (Å²) in [6.45, 7) is 5.09. The first kappa shape index (κ1) is 13.9. The van der Waals surface area contributed by atoms with Gasteiger partial charge in [0.15, 0.2) is 0 Å². The Kier molecular flexibility index (Phi) is 5.17. The van der Waals surface area contributed by atoms with Gasteiger partial charge >= 0.3 is 0 Å². The first-order chi connectivity index (χ1) is 7.42. The lowest BCUT2D eigenvalue weighted by molar-refractivity contribution is 0.439. The molecule has 1 fully saturated rings. The van der Waals surface area contributed by atoms with Gasteiger partial charge in [-0.15, -0.1) is 0 Å². The molecule has 0 aromatic rings. The molecule has 0 aromatic carbocycles. The molecule has 0 heterocycles. The zero-order valence-corrected chi connectivity index (χ0v) is 11.2. The van der Waals surface area contributed by atoms with E-state index < -0.39 is 10.2 Å². The maximum absolute atomic E-state index is 11.7. The number of rotatable bonds is 8. The minimum atomic E-state index is -3.29. The van der Waals surface area contributed by atoms with E-state index in [1.54, 1.807) is 7.05 Å². The van der Waals surface area contributed by atoms with E-state index in [1.807, 2.05) is 13.8 Å². The molecule has 1 aliphatic rings. The molecule has 2 N–H and O–H groups in total. The summed E-state index contributed by atoms with van der Waals surface area (Å²) in [7, 11) is -1.68. The lowest BCUT2D eigenvalue weighted by atomic mass is 10.4. The van der Waals surface area contributed by atoms with E-state index in [0.29, 0.717) is 12.6 Å². The van der Waals surface area contributed by atoms with Crippen molar-refractivity contribution in [3.05, 3.63) is 0 Å². The average Bonchev–Trinajstić information content (AvgIpc) is 2.93. The molecule has 0 radical (unpaired) electrons. The maximum atomic E-state index is 11.7. The lowest BCUT2D eigenvalue weighted by Crippen LogP contribution is -2.42. The lowest BCUT2D eigenvalue weighted by Gasteiger charge is -2.19. The van der Waals surface area contributed by atoms with E-state index in [2.05, 4.69) is 10.0 Å². The molecular weight excluding hydrogens is 226 g/mol. The van der Waals surface area contributed by atoms with Crippen molar-refractivity contribution in [1.82, 2.24) is 14.3 Å². The van der Waals surface area contributed by atoms with Gasteiger partial charge in [-0.25, -0.2) is 0 Å². The molecule has 1 aliphatic carbocycles. The Morgan fingerprint density at radius 3 is 2.50 bits per heavy atom. The first-order valence-electron chi connectivity index (χ1n) is 5.89. The van der Waals surface area contributed by atoms with Crippen LogP contribution < -0.4 is 10.0 Å². The highest BCUT2D eigenvalue weighted by Gasteiger charge is 2.21. The molecule has 0 amide bonds. The van der Waals surface area contributed by atoms with Crippen molar-refractivity contribution < 1.29 is 8.42 Å². The van der Waals surface area contributed by atoms with E-state index in [-0.39, 0.29) is 6.04 Å². The van der Waals surface area contributed by atoms with Crippen LogP contribution in [0.25, 0.3) is 0 Å². The van der Waals surface area contributed by atoms with E-state index in [4.69, 9.17) is 0 Å². The summed E-state index contributed by atoms with van der Waals surface area (Å²) in [5, 5.41) is 3.36. The molecule has 0 aromatic heterocycles. The number of nitrogens with one attached hydrogen (secondary N) is 2. The third kappa shape index (κ3) is 5.25. The molecule has 96 valence electrons. The molecule has 5 nitrogen and oxygen atoms in total. The molecule has 0 unspecified atom stereocenters. The highest BCUT2D eigenvalue weighted by atomic mass is 32.2. The fraction of sp³-hybridized carbons (Fsp3) is 1.00. The number of nitrogens with zero attached hydrogens (tertiary/aromatic N) is 1. The Labute approximate surface area is 98.8 Å². The monoisotopic (exact) mass is 249 g/mol. The van der Waals surface area contributed by atoms with Crippen molar-refractivity contribution in [2.24, 2.45) is 0 Å². The summed E-state index contributed by atoms with van der Waals surface area (Å²) in [5.74, 6) is 0. The molecule has 6 heteroatoms. The highest BCUT2D eigenvalue weighted by molar-refractivity contribution is 7.87. The fourth-order valence-electron chi connectivity index (χ4n) is 1.40. The molecule has 1 rings (SSSR count). The Balaban J connectivity index is 2.18. The van der Waals surface area contributed by atoms with Crippen molar-refractivity contribution in [3.8, 4) is 0 Å². The Bertz CT molecular complexity index is 299. The molecule has 0 atom stereocenters. The molecule has 0 aliphatic heterocycles. The number of hydrogen-bond donors (Lipinski definition) is 2. The van der Waals surface area contributed by atoms with E-state index >= 15 is 0 Å². The van der Waals surface area contributed by atoms with Gasteiger partial charge in [0, 0.05) is 25.7 Å². The molecular formula is C10H23N3O2S. The summed E-state index contributed by atoms with van der Waals surface area (Å²) in [6, 6.07) is 0.632. The summed E-state index contributed by atoms with van der Waals surface area (Å²) < 4.78 is 27.3. The molecule has 0 spiro atoms. The van der Waals surface area contributed by atoms with Crippen molar-refractivity contribution in [2.75, 3.05) is 20.1 Å². The topological polar surface area (TPSA) is 61.4 Å². The predicted octanol–water partition coefficient (Wildman–Crippen LogP) is 0.303. The van der Waals surface area contributed by atoms with Crippen molar-refractivity contribution >= 4 is 10.2 Å². The molecule has 1 saturated carbocycles. The van der Waals surface area contributed by atoms with E-state index in [0.717, 1.165) is 13.0 Å². The third-order valence-electron chi connectivity index (χ3n) is 2.46. The second-order valence-electron chi connectivity index (χ2n) is 4.68. The SMILES string of the molecule is CC(C)NS(=O)(=O)N(C)CCCNC1CC1. The standard InChI is InChI=1S/C10H23N3O2S/c1-9(2)12-16(14,15)13(3)8-4-7-11-10-5-6-10/h9-12H,4-8H2,1-3H3. The van der Waals surface area contributed by atoms with Gasteiger partial charge in [-0.3, -0.25) is 0 Å². The van der Waals surface area contributed by atoms with Gasteiger partial charge in [-0.1, -0.05) is 0 Å². The largest absolute Gasteiger partial charge is 0.314 e. The average molecular weight is 249 g/mol. The first-order valence-corrected chi connectivity index (χ1v) is 7.33. The Morgan fingerprint density at radius 1 is 1.38 bits per heavy atom. The molecule has 16 heavy (non-hydrogen) atoms. The van der Waals surface area contributed by atoms with Crippen LogP contribution in [0.3, 0.4) is 0 Å². The minimum absolute atomic E-state index is 0.0583. The van der Waals surface area contributed by atoms with Crippen LogP contribution in [0.4, 0.5) is 0 Å². The fourth-order valence-corrected chi connectivity index (χ4v) is 2.55. The van der Waals surface area contributed by atoms with Gasteiger partial charge in [0.1, 0.15) is 0 Å². The number of hydrogen-bond acceptors (Lipinski definition) is 3. The van der Waals surface area contributed by atoms with Gasteiger partial charge in [0.05, 0.1) is 0 Å². The smallest absolute Gasteiger partial charge is 0.279 e. The maximum Gasteiger partial charge on any atom is 0.279 e. The van der Waals surface area contributed by atoms with E-state index in [1.165, 1.54) is 17.1 Å². The summed E-state index contributed by atoms with van der Waals surface area (Å²) in [6.07, 6.45) is 3.39. The predicted molar refractivity (Wildman–Crippen MR) is 65.5 cm³/mol. The second kappa shape index (κ2) is 5.95. The molecule has 0 bridgehead atoms. The van der Waals surface area contributed by atoms with Crippen LogP contribution in [-0.2, 0) is 10.2 Å². The van der Waals surface area contributed by atoms with Crippen LogP contribution in [0, 0.1) is 0 Å². The normalized spacial score (nSPS) is 17.3. The zero-order chi connectivity index (χ0) is 12.2. The zero-order valence-electron chi connectivity index (χ0n) is 10.4. The summed E-state index contributed by atoms with van der Waals surface area (Å²) >= 11 is 0. The van der Waals surface area contributed by atoms with Gasteiger partial charge in [-0.05, 0) is 39.7 Å². The van der Waals surface area contributed by atoms with Gasteiger partial charge in [-0.2, -0.15) is 17.4 Å². The quantitative estimate of drug-likeness (QED) is 0.608. The Hall–Kier alpha value is -0.170. The highest BCUT2D eigenvalue weighted by Crippen LogP contribution is 2.18. The minimum Gasteiger partial charge on any atom is -0.314 e. The third-order valence-corrected chi connectivity index (χ3v) is 4.23. The van der Waals surface area contributed by atoms with Crippen LogP contribution in [0.2, 0.25) is 0 Å². The van der Waals surface area contributed by atoms with Crippen LogP contribution in [-0.4, -0.2) is 44.9 Å². The van der Waals surface area contributed by atoms with E-state index in [9.17, 15) is 8.42 Å². The summed E-state index contributed by atoms with van der Waals surface area (Å²) in [5.41, 5.74) is 0. The van der Waals surface area contributed by atoms with Gasteiger partial charge in [0.25, 0.3) is 10.2 Å². The van der Waals surface area contributed by atoms with Crippen LogP contribution >= 0.6 is 0 Å². The van der Waals surface area contributed by atoms with Crippen LogP contribution in [0.5, 0.6) is 0 Å². The van der Waals surface area contributed by atoms with Gasteiger partial charge in [0.2, 0.25) is 0 Å². The van der Waals surface area contributed by atoms with Crippen molar-refractivity contribution in [2.45, 2.75) is 45.2 Å². The Morgan fingerprint density at radius 2 is 2.00 bits per heavy atom.